The summed E-state index contributed by atoms with van der Waals surface area (Å²) < 4.78 is 7.40. The molecule has 1 fully saturated rings. The quantitative estimate of drug-likeness (QED) is 0.592. The molecule has 1 aliphatic rings. The molecule has 1 saturated heterocycles. The summed E-state index contributed by atoms with van der Waals surface area (Å²) in [5, 5.41) is 0. The molecule has 0 saturated carbocycles. The lowest BCUT2D eigenvalue weighted by Gasteiger charge is -2.27. The molecule has 2 aromatic heterocycles. The van der Waals surface area contributed by atoms with E-state index in [0.717, 1.165) is 55.7 Å². The predicted molar refractivity (Wildman–Crippen MR) is 102 cm³/mol. The van der Waals surface area contributed by atoms with E-state index < -0.39 is 0 Å². The van der Waals surface area contributed by atoms with Crippen LogP contribution in [0.1, 0.15) is 50.2 Å². The van der Waals surface area contributed by atoms with Crippen LogP contribution in [0, 0.1) is 6.92 Å². The van der Waals surface area contributed by atoms with E-state index in [-0.39, 0.29) is 5.56 Å². The van der Waals surface area contributed by atoms with Crippen LogP contribution in [0.2, 0.25) is 0 Å². The number of aryl methyl sites for hydroxylation is 1. The zero-order chi connectivity index (χ0) is 17.8. The highest BCUT2D eigenvalue weighted by atomic mass is 16.5. The fraction of sp³-hybridized carbons (Fsp3) is 0.500. The Morgan fingerprint density at radius 1 is 1.28 bits per heavy atom. The van der Waals surface area contributed by atoms with Crippen LogP contribution in [0.15, 0.2) is 29.7 Å². The molecule has 3 heterocycles. The van der Waals surface area contributed by atoms with Gasteiger partial charge < -0.3 is 9.64 Å². The first-order valence-corrected chi connectivity index (χ1v) is 9.21. The maximum Gasteiger partial charge on any atom is 0.259 e. The summed E-state index contributed by atoms with van der Waals surface area (Å²) in [6.07, 6.45) is 7.42. The van der Waals surface area contributed by atoms with E-state index >= 15 is 0 Å². The molecule has 5 heteroatoms. The van der Waals surface area contributed by atoms with Gasteiger partial charge in [-0.2, -0.15) is 0 Å². The molecule has 0 aromatic carbocycles. The SMILES string of the molecule is C=C(OCCCC)c1cc(C)cn2c(=O)cc(N3CCCCC3)nc12. The molecule has 134 valence electrons. The summed E-state index contributed by atoms with van der Waals surface area (Å²) in [6.45, 7) is 10.7. The Kier molecular flexibility index (Phi) is 5.41. The smallest absolute Gasteiger partial charge is 0.259 e. The van der Waals surface area contributed by atoms with Crippen molar-refractivity contribution >= 4 is 17.2 Å². The molecule has 2 aromatic rings. The zero-order valence-electron chi connectivity index (χ0n) is 15.3. The number of pyridine rings is 1. The molecular formula is C20H27N3O2. The highest BCUT2D eigenvalue weighted by Gasteiger charge is 2.16. The second-order valence-electron chi connectivity index (χ2n) is 6.75. The van der Waals surface area contributed by atoms with Crippen LogP contribution >= 0.6 is 0 Å². The lowest BCUT2D eigenvalue weighted by Crippen LogP contribution is -2.32. The van der Waals surface area contributed by atoms with Crippen LogP contribution in [-0.2, 0) is 4.74 Å². The fourth-order valence-corrected chi connectivity index (χ4v) is 3.23. The summed E-state index contributed by atoms with van der Waals surface area (Å²) >= 11 is 0. The van der Waals surface area contributed by atoms with Crippen LogP contribution in [-0.4, -0.2) is 29.1 Å². The molecular weight excluding hydrogens is 314 g/mol. The Labute approximate surface area is 148 Å². The van der Waals surface area contributed by atoms with E-state index in [9.17, 15) is 4.79 Å². The standard InChI is InChI=1S/C20H27N3O2/c1-4-5-11-25-16(3)17-12-15(2)14-23-19(24)13-18(21-20(17)23)22-9-7-6-8-10-22/h12-14H,3-11H2,1-2H3. The first-order chi connectivity index (χ1) is 12.1. The Bertz CT molecular complexity index is 820. The average Bonchev–Trinajstić information content (AvgIpc) is 2.62. The van der Waals surface area contributed by atoms with Crippen LogP contribution in [0.3, 0.4) is 0 Å². The van der Waals surface area contributed by atoms with Crippen LogP contribution in [0.5, 0.6) is 0 Å². The highest BCUT2D eigenvalue weighted by molar-refractivity contribution is 5.72. The van der Waals surface area contributed by atoms with Crippen molar-refractivity contribution in [1.29, 1.82) is 0 Å². The topological polar surface area (TPSA) is 46.8 Å². The van der Waals surface area contributed by atoms with Crippen molar-refractivity contribution in [3.05, 3.63) is 46.4 Å². The van der Waals surface area contributed by atoms with Crippen molar-refractivity contribution in [3.8, 4) is 0 Å². The number of rotatable bonds is 6. The van der Waals surface area contributed by atoms with Crippen molar-refractivity contribution in [2.24, 2.45) is 0 Å². The largest absolute Gasteiger partial charge is 0.493 e. The number of hydrogen-bond acceptors (Lipinski definition) is 4. The number of anilines is 1. The Morgan fingerprint density at radius 3 is 2.76 bits per heavy atom. The van der Waals surface area contributed by atoms with Gasteiger partial charge in [-0.15, -0.1) is 0 Å². The number of piperidine rings is 1. The Hall–Kier alpha value is -2.30. The van der Waals surface area contributed by atoms with Crippen molar-refractivity contribution in [1.82, 2.24) is 9.38 Å². The minimum Gasteiger partial charge on any atom is -0.493 e. The van der Waals surface area contributed by atoms with E-state index in [1.807, 2.05) is 19.2 Å². The fourth-order valence-electron chi connectivity index (χ4n) is 3.23. The monoisotopic (exact) mass is 341 g/mol. The van der Waals surface area contributed by atoms with Gasteiger partial charge in [-0.1, -0.05) is 19.9 Å². The maximum atomic E-state index is 12.7. The lowest BCUT2D eigenvalue weighted by atomic mass is 10.1. The van der Waals surface area contributed by atoms with Gasteiger partial charge in [-0.25, -0.2) is 4.98 Å². The van der Waals surface area contributed by atoms with Crippen molar-refractivity contribution < 1.29 is 4.74 Å². The molecule has 0 spiro atoms. The number of aromatic nitrogens is 2. The van der Waals surface area contributed by atoms with Gasteiger partial charge in [-0.3, -0.25) is 9.20 Å². The summed E-state index contributed by atoms with van der Waals surface area (Å²) in [4.78, 5) is 19.7. The second-order valence-corrected chi connectivity index (χ2v) is 6.75. The third kappa shape index (κ3) is 3.86. The minimum atomic E-state index is -0.0584. The third-order valence-electron chi connectivity index (χ3n) is 4.64. The van der Waals surface area contributed by atoms with Gasteiger partial charge in [0.05, 0.1) is 12.2 Å². The van der Waals surface area contributed by atoms with Crippen molar-refractivity contribution in [3.63, 3.8) is 0 Å². The number of unbranched alkanes of at least 4 members (excludes halogenated alkanes) is 1. The molecule has 0 unspecified atom stereocenters. The molecule has 0 atom stereocenters. The lowest BCUT2D eigenvalue weighted by molar-refractivity contribution is 0.271. The number of fused-ring (bicyclic) bond motifs is 1. The second kappa shape index (κ2) is 7.72. The van der Waals surface area contributed by atoms with E-state index in [2.05, 4.69) is 18.4 Å². The molecule has 0 aliphatic carbocycles. The molecule has 0 amide bonds. The summed E-state index contributed by atoms with van der Waals surface area (Å²) in [6, 6.07) is 3.64. The highest BCUT2D eigenvalue weighted by Crippen LogP contribution is 2.23. The molecule has 1 aliphatic heterocycles. The van der Waals surface area contributed by atoms with Gasteiger partial charge in [0.2, 0.25) is 0 Å². The Balaban J connectivity index is 2.04. The summed E-state index contributed by atoms with van der Waals surface area (Å²) in [5.41, 5.74) is 2.35. The number of ether oxygens (including phenoxy) is 1. The molecule has 0 bridgehead atoms. The van der Waals surface area contributed by atoms with E-state index in [1.54, 1.807) is 10.5 Å². The van der Waals surface area contributed by atoms with E-state index in [1.165, 1.54) is 6.42 Å². The van der Waals surface area contributed by atoms with Gasteiger partial charge in [0.25, 0.3) is 5.56 Å². The van der Waals surface area contributed by atoms with Crippen molar-refractivity contribution in [2.45, 2.75) is 46.0 Å². The van der Waals surface area contributed by atoms with Gasteiger partial charge in [0.15, 0.2) is 5.65 Å². The normalized spacial score (nSPS) is 14.7. The molecule has 25 heavy (non-hydrogen) atoms. The van der Waals surface area contributed by atoms with Crippen LogP contribution < -0.4 is 10.5 Å². The third-order valence-corrected chi connectivity index (χ3v) is 4.64. The zero-order valence-corrected chi connectivity index (χ0v) is 15.3. The summed E-state index contributed by atoms with van der Waals surface area (Å²) in [7, 11) is 0. The van der Waals surface area contributed by atoms with Gasteiger partial charge in [0, 0.05) is 25.4 Å². The van der Waals surface area contributed by atoms with Crippen molar-refractivity contribution in [2.75, 3.05) is 24.6 Å². The minimum absolute atomic E-state index is 0.0584. The first-order valence-electron chi connectivity index (χ1n) is 9.21. The molecule has 3 rings (SSSR count). The van der Waals surface area contributed by atoms with Crippen LogP contribution in [0.25, 0.3) is 11.4 Å². The number of nitrogens with zero attached hydrogens (tertiary/aromatic N) is 3. The molecule has 0 N–H and O–H groups in total. The van der Waals surface area contributed by atoms with Gasteiger partial charge >= 0.3 is 0 Å². The predicted octanol–water partition coefficient (Wildman–Crippen LogP) is 3.78. The first kappa shape index (κ1) is 17.5. The summed E-state index contributed by atoms with van der Waals surface area (Å²) in [5.74, 6) is 1.34. The maximum absolute atomic E-state index is 12.7. The van der Waals surface area contributed by atoms with Gasteiger partial charge in [-0.05, 0) is 44.2 Å². The molecule has 0 radical (unpaired) electrons. The average molecular weight is 341 g/mol. The van der Waals surface area contributed by atoms with E-state index in [0.29, 0.717) is 18.0 Å². The van der Waals surface area contributed by atoms with Gasteiger partial charge in [0.1, 0.15) is 11.6 Å². The number of hydrogen-bond donors (Lipinski definition) is 0. The van der Waals surface area contributed by atoms with E-state index in [4.69, 9.17) is 9.72 Å². The Morgan fingerprint density at radius 2 is 2.04 bits per heavy atom. The van der Waals surface area contributed by atoms with Crippen LogP contribution in [0.4, 0.5) is 5.82 Å². The molecule has 5 nitrogen and oxygen atoms in total.